The third-order valence-electron chi connectivity index (χ3n) is 2.47. The lowest BCUT2D eigenvalue weighted by Gasteiger charge is -2.17. The molecular formula is C12H16N2O3S. The SMILES string of the molecule is C#CCN(C)S(=O)(=O)c1cc(CN)ccc1OC. The summed E-state index contributed by atoms with van der Waals surface area (Å²) < 4.78 is 30.7. The van der Waals surface area contributed by atoms with Crippen molar-refractivity contribution in [2.75, 3.05) is 20.7 Å². The number of ether oxygens (including phenoxy) is 1. The van der Waals surface area contributed by atoms with Gasteiger partial charge in [-0.3, -0.25) is 0 Å². The van der Waals surface area contributed by atoms with Gasteiger partial charge in [0.15, 0.2) is 0 Å². The average Bonchev–Trinajstić information content (AvgIpc) is 2.38. The number of benzene rings is 1. The first-order valence-corrected chi connectivity index (χ1v) is 6.68. The highest BCUT2D eigenvalue weighted by Crippen LogP contribution is 2.27. The van der Waals surface area contributed by atoms with Crippen LogP contribution < -0.4 is 10.5 Å². The summed E-state index contributed by atoms with van der Waals surface area (Å²) in [5, 5.41) is 0. The minimum atomic E-state index is -3.67. The Morgan fingerprint density at radius 3 is 2.67 bits per heavy atom. The zero-order valence-corrected chi connectivity index (χ0v) is 11.2. The largest absolute Gasteiger partial charge is 0.495 e. The van der Waals surface area contributed by atoms with Gasteiger partial charge in [0.25, 0.3) is 0 Å². The highest BCUT2D eigenvalue weighted by molar-refractivity contribution is 7.89. The summed E-state index contributed by atoms with van der Waals surface area (Å²) in [6.45, 7) is 0.254. The standard InChI is InChI=1S/C12H16N2O3S/c1-4-7-14(2)18(15,16)12-8-10(9-13)5-6-11(12)17-3/h1,5-6,8H,7,9,13H2,2-3H3. The van der Waals surface area contributed by atoms with Crippen molar-refractivity contribution >= 4 is 10.0 Å². The molecule has 0 unspecified atom stereocenters. The van der Waals surface area contributed by atoms with Gasteiger partial charge in [-0.25, -0.2) is 8.42 Å². The first-order valence-electron chi connectivity index (χ1n) is 5.24. The molecule has 98 valence electrons. The van der Waals surface area contributed by atoms with E-state index in [2.05, 4.69) is 5.92 Å². The monoisotopic (exact) mass is 268 g/mol. The van der Waals surface area contributed by atoms with Crippen molar-refractivity contribution in [1.29, 1.82) is 0 Å². The molecule has 0 radical (unpaired) electrons. The zero-order chi connectivity index (χ0) is 13.8. The minimum absolute atomic E-state index is 0.00165. The van der Waals surface area contributed by atoms with E-state index in [1.165, 1.54) is 20.2 Å². The van der Waals surface area contributed by atoms with Gasteiger partial charge >= 0.3 is 0 Å². The predicted molar refractivity (Wildman–Crippen MR) is 69.5 cm³/mol. The van der Waals surface area contributed by atoms with Crippen LogP contribution in [0.15, 0.2) is 23.1 Å². The second kappa shape index (κ2) is 5.87. The van der Waals surface area contributed by atoms with E-state index in [9.17, 15) is 8.42 Å². The van der Waals surface area contributed by atoms with Crippen LogP contribution >= 0.6 is 0 Å². The molecule has 0 saturated carbocycles. The smallest absolute Gasteiger partial charge is 0.247 e. The summed E-state index contributed by atoms with van der Waals surface area (Å²) in [5.41, 5.74) is 6.22. The van der Waals surface area contributed by atoms with Crippen LogP contribution in [0.3, 0.4) is 0 Å². The van der Waals surface area contributed by atoms with Gasteiger partial charge in [-0.15, -0.1) is 6.42 Å². The molecule has 0 atom stereocenters. The second-order valence-corrected chi connectivity index (χ2v) is 5.67. The molecule has 0 aliphatic carbocycles. The molecule has 6 heteroatoms. The molecule has 1 rings (SSSR count). The van der Waals surface area contributed by atoms with Gasteiger partial charge in [0.05, 0.1) is 13.7 Å². The van der Waals surface area contributed by atoms with Gasteiger partial charge in [0.2, 0.25) is 10.0 Å². The Hall–Kier alpha value is -1.55. The van der Waals surface area contributed by atoms with Crippen LogP contribution in [0, 0.1) is 12.3 Å². The highest BCUT2D eigenvalue weighted by atomic mass is 32.2. The molecule has 1 aromatic carbocycles. The fourth-order valence-electron chi connectivity index (χ4n) is 1.43. The van der Waals surface area contributed by atoms with E-state index in [0.29, 0.717) is 5.56 Å². The van der Waals surface area contributed by atoms with Crippen LogP contribution in [0.4, 0.5) is 0 Å². The Balaban J connectivity index is 3.34. The van der Waals surface area contributed by atoms with E-state index in [1.807, 2.05) is 0 Å². The number of terminal acetylenes is 1. The van der Waals surface area contributed by atoms with Crippen molar-refractivity contribution in [2.45, 2.75) is 11.4 Å². The molecule has 5 nitrogen and oxygen atoms in total. The number of methoxy groups -OCH3 is 1. The first-order chi connectivity index (χ1) is 8.47. The molecule has 0 spiro atoms. The van der Waals surface area contributed by atoms with Gasteiger partial charge in [-0.1, -0.05) is 12.0 Å². The Labute approximate surface area is 108 Å². The maximum Gasteiger partial charge on any atom is 0.247 e. The number of nitrogens with zero attached hydrogens (tertiary/aromatic N) is 1. The molecule has 0 aliphatic heterocycles. The Kier molecular flexibility index (Phi) is 4.73. The van der Waals surface area contributed by atoms with Gasteiger partial charge in [-0.2, -0.15) is 4.31 Å². The molecule has 0 amide bonds. The third-order valence-corrected chi connectivity index (χ3v) is 4.29. The molecule has 1 aromatic rings. The maximum absolute atomic E-state index is 12.3. The number of sulfonamides is 1. The minimum Gasteiger partial charge on any atom is -0.495 e. The van der Waals surface area contributed by atoms with Gasteiger partial charge in [0, 0.05) is 13.6 Å². The average molecular weight is 268 g/mol. The topological polar surface area (TPSA) is 72.6 Å². The van der Waals surface area contributed by atoms with E-state index >= 15 is 0 Å². The van der Waals surface area contributed by atoms with Crippen LogP contribution in [-0.4, -0.2) is 33.4 Å². The lowest BCUT2D eigenvalue weighted by atomic mass is 10.2. The van der Waals surface area contributed by atoms with E-state index in [1.54, 1.807) is 12.1 Å². The van der Waals surface area contributed by atoms with Crippen LogP contribution in [0.25, 0.3) is 0 Å². The van der Waals surface area contributed by atoms with Crippen LogP contribution in [0.1, 0.15) is 5.56 Å². The summed E-state index contributed by atoms with van der Waals surface area (Å²) in [4.78, 5) is 0.0747. The first kappa shape index (κ1) is 14.5. The number of rotatable bonds is 5. The molecule has 0 heterocycles. The van der Waals surface area contributed by atoms with Crippen molar-refractivity contribution < 1.29 is 13.2 Å². The molecule has 18 heavy (non-hydrogen) atoms. The second-order valence-electron chi connectivity index (χ2n) is 3.65. The molecule has 0 fully saturated rings. The maximum atomic E-state index is 12.3. The zero-order valence-electron chi connectivity index (χ0n) is 10.4. The fourth-order valence-corrected chi connectivity index (χ4v) is 2.72. The molecule has 0 saturated heterocycles. The van der Waals surface area contributed by atoms with E-state index < -0.39 is 10.0 Å². The Morgan fingerprint density at radius 2 is 2.17 bits per heavy atom. The van der Waals surface area contributed by atoms with Gasteiger partial charge < -0.3 is 10.5 Å². The molecule has 0 aromatic heterocycles. The normalized spacial score (nSPS) is 11.3. The summed E-state index contributed by atoms with van der Waals surface area (Å²) in [7, 11) is -0.831. The predicted octanol–water partition coefficient (Wildman–Crippen LogP) is 0.408. The van der Waals surface area contributed by atoms with E-state index in [0.717, 1.165) is 4.31 Å². The van der Waals surface area contributed by atoms with Gasteiger partial charge in [-0.05, 0) is 17.7 Å². The van der Waals surface area contributed by atoms with Crippen LogP contribution in [0.2, 0.25) is 0 Å². The number of hydrogen-bond acceptors (Lipinski definition) is 4. The highest BCUT2D eigenvalue weighted by Gasteiger charge is 2.24. The Morgan fingerprint density at radius 1 is 1.50 bits per heavy atom. The molecule has 2 N–H and O–H groups in total. The fraction of sp³-hybridized carbons (Fsp3) is 0.333. The van der Waals surface area contributed by atoms with Crippen molar-refractivity contribution in [3.05, 3.63) is 23.8 Å². The summed E-state index contributed by atoms with van der Waals surface area (Å²) in [5.74, 6) is 2.56. The molecule has 0 bridgehead atoms. The third kappa shape index (κ3) is 2.82. The lowest BCUT2D eigenvalue weighted by Crippen LogP contribution is -2.27. The van der Waals surface area contributed by atoms with E-state index in [-0.39, 0.29) is 23.7 Å². The summed E-state index contributed by atoms with van der Waals surface area (Å²) in [6.07, 6.45) is 5.12. The molecular weight excluding hydrogens is 252 g/mol. The lowest BCUT2D eigenvalue weighted by molar-refractivity contribution is 0.399. The van der Waals surface area contributed by atoms with Crippen LogP contribution in [0.5, 0.6) is 5.75 Å². The van der Waals surface area contributed by atoms with Crippen LogP contribution in [-0.2, 0) is 16.6 Å². The van der Waals surface area contributed by atoms with E-state index in [4.69, 9.17) is 16.9 Å². The van der Waals surface area contributed by atoms with Crippen molar-refractivity contribution in [2.24, 2.45) is 5.73 Å². The Bertz CT molecular complexity index is 561. The number of hydrogen-bond donors (Lipinski definition) is 1. The quantitative estimate of drug-likeness (QED) is 0.785. The summed E-state index contributed by atoms with van der Waals surface area (Å²) in [6, 6.07) is 4.80. The summed E-state index contributed by atoms with van der Waals surface area (Å²) >= 11 is 0. The van der Waals surface area contributed by atoms with Crippen molar-refractivity contribution in [3.63, 3.8) is 0 Å². The number of nitrogens with two attached hydrogens (primary N) is 1. The van der Waals surface area contributed by atoms with Crippen molar-refractivity contribution in [1.82, 2.24) is 4.31 Å². The molecule has 0 aliphatic rings. The van der Waals surface area contributed by atoms with Gasteiger partial charge in [0.1, 0.15) is 10.6 Å². The van der Waals surface area contributed by atoms with Crippen molar-refractivity contribution in [3.8, 4) is 18.1 Å².